The highest BCUT2D eigenvalue weighted by atomic mass is 127. The highest BCUT2D eigenvalue weighted by Gasteiger charge is 2.07. The van der Waals surface area contributed by atoms with Crippen LogP contribution in [0.1, 0.15) is 0 Å². The number of halogens is 1. The summed E-state index contributed by atoms with van der Waals surface area (Å²) in [6, 6.07) is 17.2. The highest BCUT2D eigenvalue weighted by Crippen LogP contribution is 2.30. The first-order valence-corrected chi connectivity index (χ1v) is 6.63. The van der Waals surface area contributed by atoms with E-state index in [4.69, 9.17) is 0 Å². The first-order chi connectivity index (χ1) is 8.25. The van der Waals surface area contributed by atoms with E-state index in [9.17, 15) is 0 Å². The molecule has 0 unspecified atom stereocenters. The van der Waals surface area contributed by atoms with Crippen molar-refractivity contribution in [1.29, 1.82) is 0 Å². The molecule has 0 atom stereocenters. The van der Waals surface area contributed by atoms with Crippen LogP contribution in [-0.4, -0.2) is 4.57 Å². The van der Waals surface area contributed by atoms with Gasteiger partial charge in [0.2, 0.25) is 0 Å². The van der Waals surface area contributed by atoms with E-state index in [1.54, 1.807) is 0 Å². The van der Waals surface area contributed by atoms with Gasteiger partial charge >= 0.3 is 0 Å². The van der Waals surface area contributed by atoms with Gasteiger partial charge in [-0.3, -0.25) is 0 Å². The van der Waals surface area contributed by atoms with Gasteiger partial charge in [-0.15, -0.1) is 0 Å². The maximum atomic E-state index is 2.33. The van der Waals surface area contributed by atoms with Crippen molar-refractivity contribution in [3.63, 3.8) is 0 Å². The summed E-state index contributed by atoms with van der Waals surface area (Å²) in [6.07, 6.45) is 2.20. The Morgan fingerprint density at radius 2 is 1.65 bits per heavy atom. The number of hydrogen-bond donors (Lipinski definition) is 0. The summed E-state index contributed by atoms with van der Waals surface area (Å²) in [5, 5.41) is 1.32. The third kappa shape index (κ3) is 1.86. The van der Waals surface area contributed by atoms with Crippen LogP contribution in [0.3, 0.4) is 0 Å². The summed E-state index contributed by atoms with van der Waals surface area (Å²) < 4.78 is 3.45. The molecule has 0 aliphatic carbocycles. The number of nitrogens with zero attached hydrogens (tertiary/aromatic N) is 1. The predicted octanol–water partition coefficient (Wildman–Crippen LogP) is 4.45. The topological polar surface area (TPSA) is 4.93 Å². The fraction of sp³-hybridized carbons (Fsp3) is 0.0667. The average molecular weight is 333 g/mol. The van der Waals surface area contributed by atoms with Gasteiger partial charge in [0.25, 0.3) is 0 Å². The van der Waals surface area contributed by atoms with Crippen LogP contribution in [-0.2, 0) is 7.05 Å². The maximum absolute atomic E-state index is 2.33. The summed E-state index contributed by atoms with van der Waals surface area (Å²) in [5.41, 5.74) is 3.86. The average Bonchev–Trinajstić information content (AvgIpc) is 2.69. The normalized spacial score (nSPS) is 10.9. The molecule has 17 heavy (non-hydrogen) atoms. The number of fused-ring (bicyclic) bond motifs is 1. The molecule has 0 N–H and O–H groups in total. The zero-order valence-corrected chi connectivity index (χ0v) is 11.7. The van der Waals surface area contributed by atoms with Crippen molar-refractivity contribution >= 4 is 33.5 Å². The van der Waals surface area contributed by atoms with Crippen molar-refractivity contribution in [1.82, 2.24) is 4.57 Å². The molecule has 2 aromatic carbocycles. The highest BCUT2D eigenvalue weighted by molar-refractivity contribution is 14.1. The number of aryl methyl sites for hydroxylation is 1. The van der Waals surface area contributed by atoms with E-state index in [-0.39, 0.29) is 0 Å². The van der Waals surface area contributed by atoms with E-state index in [1.165, 1.54) is 25.6 Å². The molecule has 3 aromatic rings. The minimum absolute atomic E-state index is 1.27. The van der Waals surface area contributed by atoms with Crippen LogP contribution in [0.4, 0.5) is 0 Å². The van der Waals surface area contributed by atoms with Gasteiger partial charge in [0.15, 0.2) is 0 Å². The van der Waals surface area contributed by atoms with Gasteiger partial charge in [-0.25, -0.2) is 0 Å². The molecule has 0 radical (unpaired) electrons. The van der Waals surface area contributed by atoms with Gasteiger partial charge in [0.1, 0.15) is 0 Å². The van der Waals surface area contributed by atoms with E-state index in [1.807, 2.05) is 0 Å². The van der Waals surface area contributed by atoms with E-state index in [2.05, 4.69) is 88.9 Å². The Balaban J connectivity index is 2.27. The van der Waals surface area contributed by atoms with Crippen LogP contribution >= 0.6 is 22.6 Å². The second-order valence-corrected chi connectivity index (χ2v) is 5.42. The van der Waals surface area contributed by atoms with Crippen molar-refractivity contribution in [3.05, 3.63) is 58.3 Å². The van der Waals surface area contributed by atoms with Crippen LogP contribution in [0.25, 0.3) is 22.0 Å². The van der Waals surface area contributed by atoms with Crippen LogP contribution in [0.15, 0.2) is 54.7 Å². The Kier molecular flexibility index (Phi) is 2.67. The molecule has 1 heterocycles. The molecule has 0 spiro atoms. The van der Waals surface area contributed by atoms with Crippen molar-refractivity contribution in [2.75, 3.05) is 0 Å². The Morgan fingerprint density at radius 1 is 0.941 bits per heavy atom. The number of aromatic nitrogens is 1. The molecule has 1 aromatic heterocycles. The lowest BCUT2D eigenvalue weighted by Crippen LogP contribution is -1.81. The molecule has 0 saturated carbocycles. The van der Waals surface area contributed by atoms with E-state index in [0.29, 0.717) is 0 Å². The molecule has 0 saturated heterocycles. The van der Waals surface area contributed by atoms with E-state index < -0.39 is 0 Å². The quantitative estimate of drug-likeness (QED) is 0.580. The lowest BCUT2D eigenvalue weighted by molar-refractivity contribution is 0.970. The molecule has 0 aliphatic rings. The molecule has 0 aliphatic heterocycles. The lowest BCUT2D eigenvalue weighted by atomic mass is 10.1. The number of para-hydroxylation sites is 1. The number of benzene rings is 2. The zero-order chi connectivity index (χ0) is 11.8. The molecule has 1 nitrogen and oxygen atoms in total. The summed E-state index contributed by atoms with van der Waals surface area (Å²) >= 11 is 2.33. The lowest BCUT2D eigenvalue weighted by Gasteiger charge is -1.99. The summed E-state index contributed by atoms with van der Waals surface area (Å²) in [4.78, 5) is 0. The van der Waals surface area contributed by atoms with Gasteiger partial charge in [-0.1, -0.05) is 30.3 Å². The smallest absolute Gasteiger partial charge is 0.0484 e. The van der Waals surface area contributed by atoms with Gasteiger partial charge in [-0.2, -0.15) is 0 Å². The van der Waals surface area contributed by atoms with Crippen molar-refractivity contribution in [2.24, 2.45) is 7.05 Å². The Bertz CT molecular complexity index is 665. The van der Waals surface area contributed by atoms with Crippen LogP contribution in [0.5, 0.6) is 0 Å². The molecular weight excluding hydrogens is 321 g/mol. The van der Waals surface area contributed by atoms with Crippen LogP contribution in [0, 0.1) is 3.57 Å². The van der Waals surface area contributed by atoms with Gasteiger partial charge in [-0.05, 0) is 46.4 Å². The molecule has 3 rings (SSSR count). The minimum Gasteiger partial charge on any atom is -0.350 e. The van der Waals surface area contributed by atoms with E-state index in [0.717, 1.165) is 0 Å². The monoisotopic (exact) mass is 333 g/mol. The fourth-order valence-electron chi connectivity index (χ4n) is 2.20. The first kappa shape index (κ1) is 10.8. The van der Waals surface area contributed by atoms with Crippen LogP contribution < -0.4 is 0 Å². The van der Waals surface area contributed by atoms with E-state index >= 15 is 0 Å². The van der Waals surface area contributed by atoms with Crippen LogP contribution in [0.2, 0.25) is 0 Å². The number of rotatable bonds is 1. The second kappa shape index (κ2) is 4.18. The third-order valence-corrected chi connectivity index (χ3v) is 3.77. The zero-order valence-electron chi connectivity index (χ0n) is 9.52. The minimum atomic E-state index is 1.27. The SMILES string of the molecule is Cn1cc(-c2ccc(I)cc2)c2ccccc21. The Labute approximate surface area is 114 Å². The van der Waals surface area contributed by atoms with Crippen molar-refractivity contribution < 1.29 is 0 Å². The Hall–Kier alpha value is -1.29. The largest absolute Gasteiger partial charge is 0.350 e. The summed E-state index contributed by atoms with van der Waals surface area (Å²) in [5.74, 6) is 0. The third-order valence-electron chi connectivity index (χ3n) is 3.05. The van der Waals surface area contributed by atoms with Crippen molar-refractivity contribution in [3.8, 4) is 11.1 Å². The van der Waals surface area contributed by atoms with Gasteiger partial charge < -0.3 is 4.57 Å². The first-order valence-electron chi connectivity index (χ1n) is 5.56. The number of hydrogen-bond acceptors (Lipinski definition) is 0. The Morgan fingerprint density at radius 3 is 2.41 bits per heavy atom. The maximum Gasteiger partial charge on any atom is 0.0484 e. The molecule has 0 amide bonds. The molecule has 2 heteroatoms. The van der Waals surface area contributed by atoms with Gasteiger partial charge in [0.05, 0.1) is 0 Å². The van der Waals surface area contributed by atoms with Gasteiger partial charge in [0, 0.05) is 33.3 Å². The molecule has 0 fully saturated rings. The molecule has 84 valence electrons. The molecule has 0 bridgehead atoms. The summed E-state index contributed by atoms with van der Waals surface area (Å²) in [6.45, 7) is 0. The molecular formula is C15H12IN. The standard InChI is InChI=1S/C15H12IN/c1-17-10-14(11-6-8-12(16)9-7-11)13-4-2-3-5-15(13)17/h2-10H,1H3. The fourth-order valence-corrected chi connectivity index (χ4v) is 2.56. The second-order valence-electron chi connectivity index (χ2n) is 4.18. The summed E-state index contributed by atoms with van der Waals surface area (Å²) in [7, 11) is 2.10. The van der Waals surface area contributed by atoms with Crippen molar-refractivity contribution in [2.45, 2.75) is 0 Å². The predicted molar refractivity (Wildman–Crippen MR) is 81.1 cm³/mol.